The molecule has 0 aliphatic rings. The Labute approximate surface area is 109 Å². The third-order valence-electron chi connectivity index (χ3n) is 2.35. The van der Waals surface area contributed by atoms with Crippen molar-refractivity contribution in [2.75, 3.05) is 12.4 Å². The number of pyridine rings is 1. The van der Waals surface area contributed by atoms with E-state index >= 15 is 0 Å². The minimum Gasteiger partial charge on any atom is -0.495 e. The minimum atomic E-state index is 0.700. The SMILES string of the molecule is COc1cc(NCc2ccccn2)ccc1Br. The van der Waals surface area contributed by atoms with Crippen LogP contribution in [-0.2, 0) is 6.54 Å². The second-order valence-electron chi connectivity index (χ2n) is 3.52. The van der Waals surface area contributed by atoms with Crippen LogP contribution in [0.3, 0.4) is 0 Å². The standard InChI is InChI=1S/C13H13BrN2O/c1-17-13-8-10(5-6-12(13)14)16-9-11-4-2-3-7-15-11/h2-8,16H,9H2,1H3. The third kappa shape index (κ3) is 3.20. The van der Waals surface area contributed by atoms with Gasteiger partial charge < -0.3 is 10.1 Å². The van der Waals surface area contributed by atoms with E-state index in [1.54, 1.807) is 13.3 Å². The number of methoxy groups -OCH3 is 1. The van der Waals surface area contributed by atoms with E-state index in [1.165, 1.54) is 0 Å². The third-order valence-corrected chi connectivity index (χ3v) is 3.01. The van der Waals surface area contributed by atoms with Crippen LogP contribution in [0.15, 0.2) is 47.1 Å². The highest BCUT2D eigenvalue weighted by atomic mass is 79.9. The van der Waals surface area contributed by atoms with Crippen LogP contribution < -0.4 is 10.1 Å². The van der Waals surface area contributed by atoms with E-state index in [-0.39, 0.29) is 0 Å². The van der Waals surface area contributed by atoms with Gasteiger partial charge in [0.05, 0.1) is 23.8 Å². The van der Waals surface area contributed by atoms with Crippen molar-refractivity contribution in [3.05, 3.63) is 52.8 Å². The predicted octanol–water partition coefficient (Wildman–Crippen LogP) is 3.46. The lowest BCUT2D eigenvalue weighted by Gasteiger charge is -2.09. The highest BCUT2D eigenvalue weighted by molar-refractivity contribution is 9.10. The molecule has 1 N–H and O–H groups in total. The van der Waals surface area contributed by atoms with Gasteiger partial charge in [-0.15, -0.1) is 0 Å². The van der Waals surface area contributed by atoms with Crippen LogP contribution >= 0.6 is 15.9 Å². The van der Waals surface area contributed by atoms with E-state index in [1.807, 2.05) is 36.4 Å². The highest BCUT2D eigenvalue weighted by Crippen LogP contribution is 2.27. The summed E-state index contributed by atoms with van der Waals surface area (Å²) in [6.07, 6.45) is 1.79. The fourth-order valence-electron chi connectivity index (χ4n) is 1.47. The summed E-state index contributed by atoms with van der Waals surface area (Å²) in [5.41, 5.74) is 2.02. The fraction of sp³-hybridized carbons (Fsp3) is 0.154. The Bertz CT molecular complexity index is 488. The maximum absolute atomic E-state index is 5.24. The topological polar surface area (TPSA) is 34.1 Å². The van der Waals surface area contributed by atoms with E-state index in [2.05, 4.69) is 26.2 Å². The minimum absolute atomic E-state index is 0.700. The van der Waals surface area contributed by atoms with Crippen LogP contribution in [-0.4, -0.2) is 12.1 Å². The molecule has 4 heteroatoms. The van der Waals surface area contributed by atoms with Crippen molar-refractivity contribution < 1.29 is 4.74 Å². The van der Waals surface area contributed by atoms with Crippen molar-refractivity contribution in [1.82, 2.24) is 4.98 Å². The van der Waals surface area contributed by atoms with Gasteiger partial charge in [-0.2, -0.15) is 0 Å². The van der Waals surface area contributed by atoms with Crippen molar-refractivity contribution in [3.8, 4) is 5.75 Å². The van der Waals surface area contributed by atoms with Gasteiger partial charge in [0.15, 0.2) is 0 Å². The summed E-state index contributed by atoms with van der Waals surface area (Å²) in [6, 6.07) is 11.8. The molecule has 1 aromatic carbocycles. The first-order valence-corrected chi connectivity index (χ1v) is 6.06. The summed E-state index contributed by atoms with van der Waals surface area (Å²) >= 11 is 3.42. The number of aromatic nitrogens is 1. The molecule has 0 saturated carbocycles. The molecule has 17 heavy (non-hydrogen) atoms. The number of hydrogen-bond acceptors (Lipinski definition) is 3. The second kappa shape index (κ2) is 5.68. The van der Waals surface area contributed by atoms with Gasteiger partial charge in [-0.1, -0.05) is 6.07 Å². The average molecular weight is 293 g/mol. The van der Waals surface area contributed by atoms with Crippen molar-refractivity contribution >= 4 is 21.6 Å². The van der Waals surface area contributed by atoms with Crippen LogP contribution in [0.2, 0.25) is 0 Å². The van der Waals surface area contributed by atoms with E-state index in [0.717, 1.165) is 21.6 Å². The number of benzene rings is 1. The second-order valence-corrected chi connectivity index (χ2v) is 4.38. The first-order chi connectivity index (χ1) is 8.29. The lowest BCUT2D eigenvalue weighted by atomic mass is 10.3. The normalized spacial score (nSPS) is 10.0. The van der Waals surface area contributed by atoms with Crippen molar-refractivity contribution in [2.24, 2.45) is 0 Å². The molecule has 1 aromatic heterocycles. The molecule has 0 bridgehead atoms. The molecule has 0 aliphatic heterocycles. The zero-order valence-electron chi connectivity index (χ0n) is 9.48. The fourth-order valence-corrected chi connectivity index (χ4v) is 1.87. The number of rotatable bonds is 4. The van der Waals surface area contributed by atoms with Gasteiger partial charge in [0.2, 0.25) is 0 Å². The Morgan fingerprint density at radius 3 is 2.88 bits per heavy atom. The zero-order chi connectivity index (χ0) is 12.1. The van der Waals surface area contributed by atoms with Gasteiger partial charge in [-0.25, -0.2) is 0 Å². The van der Waals surface area contributed by atoms with Crippen LogP contribution in [0, 0.1) is 0 Å². The lowest BCUT2D eigenvalue weighted by Crippen LogP contribution is -2.01. The molecule has 2 rings (SSSR count). The smallest absolute Gasteiger partial charge is 0.135 e. The van der Waals surface area contributed by atoms with Gasteiger partial charge in [-0.3, -0.25) is 4.98 Å². The molecule has 0 fully saturated rings. The van der Waals surface area contributed by atoms with Gasteiger partial charge in [0, 0.05) is 18.0 Å². The molecule has 0 radical (unpaired) electrons. The number of hydrogen-bond donors (Lipinski definition) is 1. The van der Waals surface area contributed by atoms with Crippen LogP contribution in [0.1, 0.15) is 5.69 Å². The molecular weight excluding hydrogens is 280 g/mol. The molecule has 3 nitrogen and oxygen atoms in total. The number of ether oxygens (including phenoxy) is 1. The number of nitrogens with one attached hydrogen (secondary N) is 1. The van der Waals surface area contributed by atoms with E-state index in [4.69, 9.17) is 4.74 Å². The summed E-state index contributed by atoms with van der Waals surface area (Å²) in [5, 5.41) is 3.30. The maximum atomic E-state index is 5.24. The summed E-state index contributed by atoms with van der Waals surface area (Å²) in [4.78, 5) is 4.25. The first kappa shape index (κ1) is 11.9. The number of anilines is 1. The molecule has 0 aliphatic carbocycles. The Morgan fingerprint density at radius 2 is 2.18 bits per heavy atom. The summed E-state index contributed by atoms with van der Waals surface area (Å²) in [6.45, 7) is 0.700. The average Bonchev–Trinajstić information content (AvgIpc) is 2.39. The van der Waals surface area contributed by atoms with Gasteiger partial charge >= 0.3 is 0 Å². The summed E-state index contributed by atoms with van der Waals surface area (Å²) in [7, 11) is 1.66. The number of nitrogens with zero attached hydrogens (tertiary/aromatic N) is 1. The van der Waals surface area contributed by atoms with E-state index in [0.29, 0.717) is 6.54 Å². The molecular formula is C13H13BrN2O. The van der Waals surface area contributed by atoms with Crippen molar-refractivity contribution in [3.63, 3.8) is 0 Å². The molecule has 0 amide bonds. The van der Waals surface area contributed by atoms with Crippen LogP contribution in [0.4, 0.5) is 5.69 Å². The quantitative estimate of drug-likeness (QED) is 0.937. The Hall–Kier alpha value is -1.55. The molecule has 2 aromatic rings. The van der Waals surface area contributed by atoms with Crippen LogP contribution in [0.5, 0.6) is 5.75 Å². The number of halogens is 1. The zero-order valence-corrected chi connectivity index (χ0v) is 11.1. The molecule has 0 unspecified atom stereocenters. The molecule has 1 heterocycles. The van der Waals surface area contributed by atoms with Crippen LogP contribution in [0.25, 0.3) is 0 Å². The monoisotopic (exact) mass is 292 g/mol. The molecule has 0 saturated heterocycles. The molecule has 0 atom stereocenters. The molecule has 0 spiro atoms. The largest absolute Gasteiger partial charge is 0.495 e. The highest BCUT2D eigenvalue weighted by Gasteiger charge is 2.01. The van der Waals surface area contributed by atoms with Gasteiger partial charge in [-0.05, 0) is 40.2 Å². The van der Waals surface area contributed by atoms with Crippen molar-refractivity contribution in [1.29, 1.82) is 0 Å². The summed E-state index contributed by atoms with van der Waals surface area (Å²) < 4.78 is 6.18. The Balaban J connectivity index is 2.04. The maximum Gasteiger partial charge on any atom is 0.135 e. The van der Waals surface area contributed by atoms with Gasteiger partial charge in [0.1, 0.15) is 5.75 Å². The lowest BCUT2D eigenvalue weighted by molar-refractivity contribution is 0.412. The van der Waals surface area contributed by atoms with E-state index < -0.39 is 0 Å². The first-order valence-electron chi connectivity index (χ1n) is 5.27. The predicted molar refractivity (Wildman–Crippen MR) is 72.3 cm³/mol. The van der Waals surface area contributed by atoms with Gasteiger partial charge in [0.25, 0.3) is 0 Å². The Morgan fingerprint density at radius 1 is 1.29 bits per heavy atom. The Kier molecular flexibility index (Phi) is 3.98. The summed E-state index contributed by atoms with van der Waals surface area (Å²) in [5.74, 6) is 0.816. The van der Waals surface area contributed by atoms with Crippen molar-refractivity contribution in [2.45, 2.75) is 6.54 Å². The molecule has 88 valence electrons. The van der Waals surface area contributed by atoms with E-state index in [9.17, 15) is 0 Å².